The molecule has 68 valence electrons. The van der Waals surface area contributed by atoms with Crippen LogP contribution in [0.25, 0.3) is 0 Å². The van der Waals surface area contributed by atoms with Crippen LogP contribution in [0, 0.1) is 6.92 Å². The third-order valence-corrected chi connectivity index (χ3v) is 1.73. The fourth-order valence-corrected chi connectivity index (χ4v) is 1.10. The Bertz CT molecular complexity index is 364. The van der Waals surface area contributed by atoms with Crippen LogP contribution in [0.2, 0.25) is 0 Å². The number of anilines is 1. The second-order valence-corrected chi connectivity index (χ2v) is 2.87. The third kappa shape index (κ3) is 1.90. The van der Waals surface area contributed by atoms with Gasteiger partial charge < -0.3 is 9.73 Å². The molecule has 0 atom stereocenters. The maximum absolute atomic E-state index is 5.16. The molecule has 2 heterocycles. The smallest absolute Gasteiger partial charge is 0.148 e. The molecule has 0 saturated carbocycles. The zero-order chi connectivity index (χ0) is 9.10. The highest BCUT2D eigenvalue weighted by molar-refractivity contribution is 5.34. The molecule has 0 saturated heterocycles. The molecule has 0 amide bonds. The fourth-order valence-electron chi connectivity index (χ4n) is 1.10. The molecule has 0 unspecified atom stereocenters. The summed E-state index contributed by atoms with van der Waals surface area (Å²) in [5, 5.41) is 10.0. The summed E-state index contributed by atoms with van der Waals surface area (Å²) in [6.07, 6.45) is 1.66. The van der Waals surface area contributed by atoms with Crippen molar-refractivity contribution in [3.8, 4) is 0 Å². The molecule has 4 heteroatoms. The second-order valence-electron chi connectivity index (χ2n) is 2.87. The summed E-state index contributed by atoms with van der Waals surface area (Å²) in [5.41, 5.74) is 1.04. The topological polar surface area (TPSA) is 53.9 Å². The first-order valence-corrected chi connectivity index (χ1v) is 4.13. The van der Waals surface area contributed by atoms with Gasteiger partial charge in [0.2, 0.25) is 0 Å². The Balaban J connectivity index is 1.93. The van der Waals surface area contributed by atoms with E-state index in [0.29, 0.717) is 6.54 Å². The maximum atomic E-state index is 5.16. The van der Waals surface area contributed by atoms with E-state index in [9.17, 15) is 0 Å². The fraction of sp³-hybridized carbons (Fsp3) is 0.222. The van der Waals surface area contributed by atoms with E-state index in [0.717, 1.165) is 17.3 Å². The Morgan fingerprint density at radius 2 is 2.54 bits per heavy atom. The number of aryl methyl sites for hydroxylation is 1. The summed E-state index contributed by atoms with van der Waals surface area (Å²) in [7, 11) is 0. The number of hydrogen-bond donors (Lipinski definition) is 2. The predicted molar refractivity (Wildman–Crippen MR) is 49.4 cm³/mol. The summed E-state index contributed by atoms with van der Waals surface area (Å²) >= 11 is 0. The molecule has 0 bridgehead atoms. The Morgan fingerprint density at radius 3 is 3.15 bits per heavy atom. The van der Waals surface area contributed by atoms with Crippen molar-refractivity contribution in [1.29, 1.82) is 0 Å². The van der Waals surface area contributed by atoms with Crippen molar-refractivity contribution in [2.45, 2.75) is 13.5 Å². The van der Waals surface area contributed by atoms with Crippen LogP contribution in [-0.4, -0.2) is 10.2 Å². The molecule has 2 aromatic heterocycles. The largest absolute Gasteiger partial charge is 0.467 e. The molecule has 4 nitrogen and oxygen atoms in total. The Hall–Kier alpha value is -1.71. The van der Waals surface area contributed by atoms with Crippen LogP contribution in [0.5, 0.6) is 0 Å². The van der Waals surface area contributed by atoms with Crippen molar-refractivity contribution in [1.82, 2.24) is 10.2 Å². The average molecular weight is 177 g/mol. The minimum atomic E-state index is 0.664. The van der Waals surface area contributed by atoms with E-state index in [1.165, 1.54) is 0 Å². The molecule has 0 aliphatic carbocycles. The van der Waals surface area contributed by atoms with Gasteiger partial charge in [0.15, 0.2) is 0 Å². The van der Waals surface area contributed by atoms with Crippen LogP contribution in [0.3, 0.4) is 0 Å². The number of rotatable bonds is 3. The van der Waals surface area contributed by atoms with Gasteiger partial charge in [0, 0.05) is 11.8 Å². The number of nitrogens with zero attached hydrogens (tertiary/aromatic N) is 1. The van der Waals surface area contributed by atoms with Crippen LogP contribution >= 0.6 is 0 Å². The first-order chi connectivity index (χ1) is 6.34. The zero-order valence-corrected chi connectivity index (χ0v) is 7.37. The number of aromatic amines is 1. The zero-order valence-electron chi connectivity index (χ0n) is 7.37. The Labute approximate surface area is 76.0 Å². The standard InChI is InChI=1S/C9H11N3O/c1-7-5-9(12-11-7)10-6-8-3-2-4-13-8/h2-5H,6H2,1H3,(H2,10,11,12). The van der Waals surface area contributed by atoms with Crippen molar-refractivity contribution < 1.29 is 4.42 Å². The summed E-state index contributed by atoms with van der Waals surface area (Å²) in [4.78, 5) is 0. The summed E-state index contributed by atoms with van der Waals surface area (Å²) < 4.78 is 5.16. The van der Waals surface area contributed by atoms with E-state index in [1.54, 1.807) is 6.26 Å². The minimum absolute atomic E-state index is 0.664. The molecule has 0 aliphatic rings. The van der Waals surface area contributed by atoms with E-state index in [2.05, 4.69) is 15.5 Å². The molecular weight excluding hydrogens is 166 g/mol. The molecule has 2 rings (SSSR count). The molecule has 0 radical (unpaired) electrons. The number of nitrogens with one attached hydrogen (secondary N) is 2. The third-order valence-electron chi connectivity index (χ3n) is 1.73. The first-order valence-electron chi connectivity index (χ1n) is 4.13. The van der Waals surface area contributed by atoms with E-state index in [1.807, 2.05) is 25.1 Å². The highest BCUT2D eigenvalue weighted by atomic mass is 16.3. The second kappa shape index (κ2) is 3.35. The van der Waals surface area contributed by atoms with Gasteiger partial charge in [0.25, 0.3) is 0 Å². The lowest BCUT2D eigenvalue weighted by atomic mass is 10.4. The van der Waals surface area contributed by atoms with Gasteiger partial charge in [-0.1, -0.05) is 0 Å². The summed E-state index contributed by atoms with van der Waals surface area (Å²) in [6.45, 7) is 2.63. The van der Waals surface area contributed by atoms with Crippen molar-refractivity contribution in [2.75, 3.05) is 5.32 Å². The molecule has 13 heavy (non-hydrogen) atoms. The van der Waals surface area contributed by atoms with Gasteiger partial charge >= 0.3 is 0 Å². The van der Waals surface area contributed by atoms with Crippen molar-refractivity contribution in [2.24, 2.45) is 0 Å². The van der Waals surface area contributed by atoms with Gasteiger partial charge in [-0.15, -0.1) is 0 Å². The van der Waals surface area contributed by atoms with Gasteiger partial charge in [0.1, 0.15) is 11.6 Å². The first kappa shape index (κ1) is 7.91. The molecule has 0 aromatic carbocycles. The van der Waals surface area contributed by atoms with Crippen LogP contribution in [0.1, 0.15) is 11.5 Å². The van der Waals surface area contributed by atoms with E-state index in [4.69, 9.17) is 4.42 Å². The van der Waals surface area contributed by atoms with Crippen LogP contribution in [0.4, 0.5) is 5.82 Å². The monoisotopic (exact) mass is 177 g/mol. The lowest BCUT2D eigenvalue weighted by Crippen LogP contribution is -1.97. The molecule has 0 aliphatic heterocycles. The van der Waals surface area contributed by atoms with Gasteiger partial charge in [-0.3, -0.25) is 5.10 Å². The van der Waals surface area contributed by atoms with E-state index >= 15 is 0 Å². The lowest BCUT2D eigenvalue weighted by molar-refractivity contribution is 0.518. The predicted octanol–water partition coefficient (Wildman–Crippen LogP) is 1.92. The number of hydrogen-bond acceptors (Lipinski definition) is 3. The Kier molecular flexibility index (Phi) is 2.04. The highest BCUT2D eigenvalue weighted by Gasteiger charge is 1.98. The van der Waals surface area contributed by atoms with E-state index in [-0.39, 0.29) is 0 Å². The maximum Gasteiger partial charge on any atom is 0.148 e. The molecule has 0 fully saturated rings. The van der Waals surface area contributed by atoms with Crippen LogP contribution < -0.4 is 5.32 Å². The summed E-state index contributed by atoms with van der Waals surface area (Å²) in [6, 6.07) is 5.74. The number of aromatic nitrogens is 2. The highest BCUT2D eigenvalue weighted by Crippen LogP contribution is 2.07. The SMILES string of the molecule is Cc1cc(NCc2ccco2)n[nH]1. The molecular formula is C9H11N3O. The van der Waals surface area contributed by atoms with E-state index < -0.39 is 0 Å². The van der Waals surface area contributed by atoms with Gasteiger partial charge in [0.05, 0.1) is 12.8 Å². The molecule has 2 aromatic rings. The van der Waals surface area contributed by atoms with Crippen LogP contribution in [0.15, 0.2) is 28.9 Å². The van der Waals surface area contributed by atoms with Gasteiger partial charge in [-0.2, -0.15) is 5.10 Å². The normalized spacial score (nSPS) is 10.2. The van der Waals surface area contributed by atoms with Crippen LogP contribution in [-0.2, 0) is 6.54 Å². The number of H-pyrrole nitrogens is 1. The average Bonchev–Trinajstić information content (AvgIpc) is 2.71. The quantitative estimate of drug-likeness (QED) is 0.753. The van der Waals surface area contributed by atoms with Crippen molar-refractivity contribution in [3.63, 3.8) is 0 Å². The van der Waals surface area contributed by atoms with Crippen molar-refractivity contribution >= 4 is 5.82 Å². The van der Waals surface area contributed by atoms with Gasteiger partial charge in [-0.25, -0.2) is 0 Å². The molecule has 2 N–H and O–H groups in total. The minimum Gasteiger partial charge on any atom is -0.467 e. The molecule has 0 spiro atoms. The number of furan rings is 1. The van der Waals surface area contributed by atoms with Crippen molar-refractivity contribution in [3.05, 3.63) is 35.9 Å². The van der Waals surface area contributed by atoms with Gasteiger partial charge in [-0.05, 0) is 19.1 Å². The Morgan fingerprint density at radius 1 is 1.62 bits per heavy atom. The summed E-state index contributed by atoms with van der Waals surface area (Å²) in [5.74, 6) is 1.74. The lowest BCUT2D eigenvalue weighted by Gasteiger charge is -1.97.